The normalized spacial score (nSPS) is 12.1. The fraction of sp³-hybridized carbons (Fsp3) is 0.350. The minimum absolute atomic E-state index is 0.0492. The molecule has 0 aromatic heterocycles. The zero-order valence-corrected chi connectivity index (χ0v) is 15.6. The molecule has 0 heterocycles. The summed E-state index contributed by atoms with van der Waals surface area (Å²) in [5.41, 5.74) is 1.70. The summed E-state index contributed by atoms with van der Waals surface area (Å²) in [4.78, 5) is 14.3. The highest BCUT2D eigenvalue weighted by Crippen LogP contribution is 2.27. The summed E-state index contributed by atoms with van der Waals surface area (Å²) in [5.74, 6) is 0.678. The van der Waals surface area contributed by atoms with Crippen molar-refractivity contribution in [1.29, 1.82) is 0 Å². The Hall–Kier alpha value is -2.67. The van der Waals surface area contributed by atoms with Crippen LogP contribution in [0.2, 0.25) is 0 Å². The Bertz CT molecular complexity index is 736. The lowest BCUT2D eigenvalue weighted by molar-refractivity contribution is -0.120. The number of nitrogens with zero attached hydrogens (tertiary/aromatic N) is 1. The van der Waals surface area contributed by atoms with Crippen molar-refractivity contribution in [2.24, 2.45) is 0 Å². The molecule has 0 saturated carbocycles. The largest absolute Gasteiger partial charge is 0.496 e. The molecule has 146 valence electrons. The number of nitrogens with one attached hydrogen (secondary N) is 1. The summed E-state index contributed by atoms with van der Waals surface area (Å²) in [6.45, 7) is -2.45. The fourth-order valence-corrected chi connectivity index (χ4v) is 2.76. The number of halogens is 2. The first-order valence-corrected chi connectivity index (χ1v) is 8.50. The van der Waals surface area contributed by atoms with Gasteiger partial charge in [-0.1, -0.05) is 30.3 Å². The molecule has 27 heavy (non-hydrogen) atoms. The number of methoxy groups -OCH3 is 1. The first kappa shape index (κ1) is 20.6. The van der Waals surface area contributed by atoms with Gasteiger partial charge in [-0.05, 0) is 37.9 Å². The van der Waals surface area contributed by atoms with E-state index < -0.39 is 6.61 Å². The second-order valence-corrected chi connectivity index (χ2v) is 6.22. The van der Waals surface area contributed by atoms with Gasteiger partial charge in [-0.3, -0.25) is 4.79 Å². The Balaban J connectivity index is 1.96. The molecule has 1 unspecified atom stereocenters. The van der Waals surface area contributed by atoms with E-state index in [0.717, 1.165) is 11.3 Å². The summed E-state index contributed by atoms with van der Waals surface area (Å²) >= 11 is 0. The van der Waals surface area contributed by atoms with Gasteiger partial charge in [0, 0.05) is 12.1 Å². The Labute approximate surface area is 157 Å². The minimum Gasteiger partial charge on any atom is -0.496 e. The molecule has 1 amide bonds. The Morgan fingerprint density at radius 3 is 2.37 bits per heavy atom. The molecule has 0 fully saturated rings. The van der Waals surface area contributed by atoms with Crippen LogP contribution in [0.15, 0.2) is 48.5 Å². The third kappa shape index (κ3) is 6.21. The van der Waals surface area contributed by atoms with Crippen LogP contribution in [0, 0.1) is 0 Å². The van der Waals surface area contributed by atoms with E-state index in [9.17, 15) is 13.6 Å². The van der Waals surface area contributed by atoms with E-state index in [4.69, 9.17) is 4.74 Å². The number of rotatable bonds is 9. The maximum absolute atomic E-state index is 12.3. The smallest absolute Gasteiger partial charge is 0.387 e. The quantitative estimate of drug-likeness (QED) is 0.728. The molecule has 0 spiro atoms. The molecule has 2 aromatic carbocycles. The van der Waals surface area contributed by atoms with Gasteiger partial charge in [0.1, 0.15) is 11.5 Å². The SMILES string of the molecule is COc1ccccc1C(CNC(=O)Cc1ccc(OC(F)F)cc1)N(C)C. The van der Waals surface area contributed by atoms with E-state index in [1.807, 2.05) is 43.3 Å². The zero-order valence-electron chi connectivity index (χ0n) is 15.6. The van der Waals surface area contributed by atoms with Crippen molar-refractivity contribution in [3.05, 3.63) is 59.7 Å². The van der Waals surface area contributed by atoms with Gasteiger partial charge in [-0.2, -0.15) is 8.78 Å². The van der Waals surface area contributed by atoms with Crippen LogP contribution in [0.25, 0.3) is 0 Å². The lowest BCUT2D eigenvalue weighted by Gasteiger charge is -2.26. The first-order valence-electron chi connectivity index (χ1n) is 8.50. The molecule has 1 atom stereocenters. The molecule has 1 N–H and O–H groups in total. The van der Waals surface area contributed by atoms with Crippen molar-refractivity contribution in [3.63, 3.8) is 0 Å². The Morgan fingerprint density at radius 1 is 1.11 bits per heavy atom. The third-order valence-electron chi connectivity index (χ3n) is 4.13. The second kappa shape index (κ2) is 9.87. The number of alkyl halides is 2. The highest BCUT2D eigenvalue weighted by atomic mass is 19.3. The van der Waals surface area contributed by atoms with Crippen LogP contribution in [0.4, 0.5) is 8.78 Å². The third-order valence-corrected chi connectivity index (χ3v) is 4.13. The van der Waals surface area contributed by atoms with Crippen molar-refractivity contribution in [2.75, 3.05) is 27.7 Å². The molecule has 7 heteroatoms. The van der Waals surface area contributed by atoms with Crippen molar-refractivity contribution < 1.29 is 23.0 Å². The molecule has 0 aliphatic rings. The monoisotopic (exact) mass is 378 g/mol. The summed E-state index contributed by atoms with van der Waals surface area (Å²) < 4.78 is 34.0. The molecular formula is C20H24F2N2O3. The average Bonchev–Trinajstić information content (AvgIpc) is 2.63. The number of para-hydroxylation sites is 1. The van der Waals surface area contributed by atoms with Gasteiger partial charge in [0.05, 0.1) is 19.6 Å². The fourth-order valence-electron chi connectivity index (χ4n) is 2.76. The van der Waals surface area contributed by atoms with Gasteiger partial charge < -0.3 is 19.7 Å². The summed E-state index contributed by atoms with van der Waals surface area (Å²) in [5, 5.41) is 2.92. The number of amides is 1. The van der Waals surface area contributed by atoms with Gasteiger partial charge in [-0.15, -0.1) is 0 Å². The van der Waals surface area contributed by atoms with Crippen LogP contribution in [0.3, 0.4) is 0 Å². The van der Waals surface area contributed by atoms with Crippen LogP contribution in [0.5, 0.6) is 11.5 Å². The van der Waals surface area contributed by atoms with Crippen LogP contribution in [0.1, 0.15) is 17.2 Å². The number of carbonyl (C=O) groups excluding carboxylic acids is 1. The number of ether oxygens (including phenoxy) is 2. The number of benzene rings is 2. The summed E-state index contributed by atoms with van der Waals surface area (Å²) in [6.07, 6.45) is 0.154. The molecule has 2 rings (SSSR count). The standard InChI is InChI=1S/C20H24F2N2O3/c1-24(2)17(16-6-4-5-7-18(16)26-3)13-23-19(25)12-14-8-10-15(11-9-14)27-20(21)22/h4-11,17,20H,12-13H2,1-3H3,(H,23,25). The molecule has 0 aliphatic carbocycles. The molecule has 0 saturated heterocycles. The van der Waals surface area contributed by atoms with Crippen molar-refractivity contribution >= 4 is 5.91 Å². The van der Waals surface area contributed by atoms with Gasteiger partial charge in [-0.25, -0.2) is 0 Å². The highest BCUT2D eigenvalue weighted by molar-refractivity contribution is 5.78. The van der Waals surface area contributed by atoms with E-state index in [0.29, 0.717) is 12.1 Å². The van der Waals surface area contributed by atoms with Gasteiger partial charge in [0.15, 0.2) is 0 Å². The summed E-state index contributed by atoms with van der Waals surface area (Å²) in [7, 11) is 5.49. The molecule has 2 aromatic rings. The van der Waals surface area contributed by atoms with Crippen LogP contribution >= 0.6 is 0 Å². The Morgan fingerprint density at radius 2 is 1.78 bits per heavy atom. The average molecular weight is 378 g/mol. The predicted molar refractivity (Wildman–Crippen MR) is 99.2 cm³/mol. The lowest BCUT2D eigenvalue weighted by Crippen LogP contribution is -2.35. The Kier molecular flexibility index (Phi) is 7.55. The number of carbonyl (C=O) groups is 1. The van der Waals surface area contributed by atoms with E-state index in [1.165, 1.54) is 12.1 Å². The van der Waals surface area contributed by atoms with E-state index >= 15 is 0 Å². The van der Waals surface area contributed by atoms with Gasteiger partial charge in [0.2, 0.25) is 5.91 Å². The lowest BCUT2D eigenvalue weighted by atomic mass is 10.0. The topological polar surface area (TPSA) is 50.8 Å². The molecule has 0 radical (unpaired) electrons. The molecule has 0 bridgehead atoms. The van der Waals surface area contributed by atoms with Crippen LogP contribution in [-0.4, -0.2) is 45.2 Å². The predicted octanol–water partition coefficient (Wildman–Crippen LogP) is 3.26. The van der Waals surface area contributed by atoms with E-state index in [2.05, 4.69) is 10.1 Å². The van der Waals surface area contributed by atoms with Crippen molar-refractivity contribution in [1.82, 2.24) is 10.2 Å². The maximum Gasteiger partial charge on any atom is 0.387 e. The number of hydrogen-bond donors (Lipinski definition) is 1. The van der Waals surface area contributed by atoms with Gasteiger partial charge in [0.25, 0.3) is 0 Å². The van der Waals surface area contributed by atoms with Gasteiger partial charge >= 0.3 is 6.61 Å². The van der Waals surface area contributed by atoms with Crippen LogP contribution in [-0.2, 0) is 11.2 Å². The maximum atomic E-state index is 12.3. The first-order chi connectivity index (χ1) is 12.9. The summed E-state index contributed by atoms with van der Waals surface area (Å²) in [6, 6.07) is 13.7. The molecule has 5 nitrogen and oxygen atoms in total. The molecular weight excluding hydrogens is 354 g/mol. The van der Waals surface area contributed by atoms with Crippen molar-refractivity contribution in [3.8, 4) is 11.5 Å². The zero-order chi connectivity index (χ0) is 19.8. The van der Waals surface area contributed by atoms with Crippen molar-refractivity contribution in [2.45, 2.75) is 19.1 Å². The number of likely N-dealkylation sites (N-methyl/N-ethyl adjacent to an activating group) is 1. The minimum atomic E-state index is -2.86. The number of hydrogen-bond acceptors (Lipinski definition) is 4. The van der Waals surface area contributed by atoms with E-state index in [-0.39, 0.29) is 24.1 Å². The molecule has 0 aliphatic heterocycles. The second-order valence-electron chi connectivity index (χ2n) is 6.22. The van der Waals surface area contributed by atoms with Crippen LogP contribution < -0.4 is 14.8 Å². The highest BCUT2D eigenvalue weighted by Gasteiger charge is 2.19. The van der Waals surface area contributed by atoms with E-state index in [1.54, 1.807) is 19.2 Å².